The standard InChI is InChI=1S/C40H39Cl2N5O5S/c1-24-25(2)53-40-37(24)38(27-12-14-29(42)15-13-27)43-32(39-45-44-26(3)47(39)40)20-31(48)10-5-4-8-18-50-33-11-7-6-9-28(33)22-46(36(49)21-41)30-16-17-34-35(19-30)52-23-51-34/h6-7,9,11-17,19,32H,4-5,8,10,18,20-23H2,1-3H3/t32-/m0/s1. The van der Waals surface area contributed by atoms with Gasteiger partial charge in [0.1, 0.15) is 34.3 Å². The summed E-state index contributed by atoms with van der Waals surface area (Å²) in [5.74, 6) is 3.08. The Kier molecular flexibility index (Phi) is 11.1. The van der Waals surface area contributed by atoms with Crippen LogP contribution >= 0.6 is 34.5 Å². The number of ketones is 1. The highest BCUT2D eigenvalue weighted by Gasteiger charge is 2.32. The molecule has 0 saturated heterocycles. The number of carbonyl (C=O) groups excluding carboxylic acids is 2. The Morgan fingerprint density at radius 3 is 2.58 bits per heavy atom. The molecule has 1 amide bonds. The van der Waals surface area contributed by atoms with E-state index in [1.54, 1.807) is 28.4 Å². The second-order valence-electron chi connectivity index (χ2n) is 13.1. The van der Waals surface area contributed by atoms with Crippen molar-refractivity contribution in [3.8, 4) is 22.2 Å². The van der Waals surface area contributed by atoms with E-state index in [0.717, 1.165) is 58.1 Å². The lowest BCUT2D eigenvalue weighted by Crippen LogP contribution is -2.31. The quantitative estimate of drug-likeness (QED) is 0.0820. The van der Waals surface area contributed by atoms with Crippen molar-refractivity contribution in [2.75, 3.05) is 24.2 Å². The Balaban J connectivity index is 0.972. The Bertz CT molecular complexity index is 2180. The summed E-state index contributed by atoms with van der Waals surface area (Å²) in [5.41, 5.74) is 5.49. The summed E-state index contributed by atoms with van der Waals surface area (Å²) < 4.78 is 19.2. The normalized spacial score (nSPS) is 14.3. The minimum atomic E-state index is -0.476. The number of aromatic nitrogens is 3. The number of benzene rings is 3. The topological polar surface area (TPSA) is 108 Å². The van der Waals surface area contributed by atoms with Gasteiger partial charge in [-0.2, -0.15) is 0 Å². The lowest BCUT2D eigenvalue weighted by Gasteiger charge is -2.23. The number of carbonyl (C=O) groups is 2. The first kappa shape index (κ1) is 36.6. The van der Waals surface area contributed by atoms with Gasteiger partial charge >= 0.3 is 0 Å². The van der Waals surface area contributed by atoms with E-state index in [1.807, 2.05) is 61.5 Å². The third-order valence-corrected chi connectivity index (χ3v) is 11.2. The average molecular weight is 773 g/mol. The van der Waals surface area contributed by atoms with Gasteiger partial charge in [-0.3, -0.25) is 19.1 Å². The van der Waals surface area contributed by atoms with Crippen LogP contribution in [-0.4, -0.2) is 51.4 Å². The number of hydrogen-bond acceptors (Lipinski definition) is 9. The minimum absolute atomic E-state index is 0.124. The minimum Gasteiger partial charge on any atom is -0.493 e. The van der Waals surface area contributed by atoms with Crippen LogP contribution in [-0.2, 0) is 16.1 Å². The van der Waals surface area contributed by atoms with Crippen molar-refractivity contribution in [3.05, 3.63) is 111 Å². The molecule has 0 N–H and O–H groups in total. The number of rotatable bonds is 14. The Labute approximate surface area is 322 Å². The summed E-state index contributed by atoms with van der Waals surface area (Å²) >= 11 is 13.9. The van der Waals surface area contributed by atoms with Crippen LogP contribution in [0.3, 0.4) is 0 Å². The van der Waals surface area contributed by atoms with Crippen LogP contribution in [0.2, 0.25) is 5.02 Å². The van der Waals surface area contributed by atoms with Gasteiger partial charge < -0.3 is 19.1 Å². The number of halogens is 2. The third-order valence-electron chi connectivity index (χ3n) is 9.52. The van der Waals surface area contributed by atoms with Crippen LogP contribution in [0.15, 0.2) is 71.7 Å². The van der Waals surface area contributed by atoms with Crippen LogP contribution < -0.4 is 19.1 Å². The van der Waals surface area contributed by atoms with Crippen LogP contribution in [0.4, 0.5) is 5.69 Å². The van der Waals surface area contributed by atoms with Crippen LogP contribution in [0.25, 0.3) is 5.00 Å². The molecule has 274 valence electrons. The van der Waals surface area contributed by atoms with Crippen LogP contribution in [0.5, 0.6) is 17.2 Å². The first-order valence-corrected chi connectivity index (χ1v) is 19.3. The van der Waals surface area contributed by atoms with Gasteiger partial charge in [-0.15, -0.1) is 33.1 Å². The summed E-state index contributed by atoms with van der Waals surface area (Å²) in [6.07, 6.45) is 2.97. The molecule has 0 spiro atoms. The second-order valence-corrected chi connectivity index (χ2v) is 15.0. The number of hydrogen-bond donors (Lipinski definition) is 0. The summed E-state index contributed by atoms with van der Waals surface area (Å²) in [6.45, 7) is 7.06. The molecule has 2 aromatic heterocycles. The third kappa shape index (κ3) is 7.83. The average Bonchev–Trinajstić information content (AvgIpc) is 3.85. The molecule has 1 atom stereocenters. The van der Waals surface area contributed by atoms with E-state index in [0.29, 0.717) is 46.8 Å². The smallest absolute Gasteiger partial charge is 0.242 e. The SMILES string of the molecule is Cc1sc2c(c1C)C(c1ccc(Cl)cc1)=N[C@@H](CC(=O)CCCCCOc1ccccc1CN(C(=O)CCl)c1ccc3c(c1)OCO3)c1nnc(C)n1-2. The number of alkyl halides is 1. The predicted molar refractivity (Wildman–Crippen MR) is 208 cm³/mol. The van der Waals surface area contributed by atoms with Crippen molar-refractivity contribution < 1.29 is 23.8 Å². The molecule has 10 nitrogen and oxygen atoms in total. The van der Waals surface area contributed by atoms with E-state index in [4.69, 9.17) is 42.4 Å². The predicted octanol–water partition coefficient (Wildman–Crippen LogP) is 8.90. The summed E-state index contributed by atoms with van der Waals surface area (Å²) in [6, 6.07) is 20.3. The maximum atomic E-state index is 13.5. The molecule has 0 aliphatic carbocycles. The van der Waals surface area contributed by atoms with Gasteiger partial charge in [-0.1, -0.05) is 41.9 Å². The number of amides is 1. The number of anilines is 1. The molecule has 7 rings (SSSR count). The Hall–Kier alpha value is -4.71. The molecule has 4 heterocycles. The number of thiophene rings is 1. The maximum absolute atomic E-state index is 13.5. The van der Waals surface area contributed by atoms with E-state index >= 15 is 0 Å². The number of para-hydroxylation sites is 1. The van der Waals surface area contributed by atoms with Crippen molar-refractivity contribution in [1.82, 2.24) is 14.8 Å². The summed E-state index contributed by atoms with van der Waals surface area (Å²) in [5, 5.41) is 10.6. The van der Waals surface area contributed by atoms with Gasteiger partial charge in [0.05, 0.1) is 18.9 Å². The lowest BCUT2D eigenvalue weighted by atomic mass is 9.99. The molecule has 0 radical (unpaired) electrons. The van der Waals surface area contributed by atoms with E-state index in [2.05, 4.69) is 28.6 Å². The number of fused-ring (bicyclic) bond motifs is 4. The zero-order chi connectivity index (χ0) is 37.1. The number of ether oxygens (including phenoxy) is 3. The number of nitrogens with zero attached hydrogens (tertiary/aromatic N) is 5. The highest BCUT2D eigenvalue weighted by Crippen LogP contribution is 2.40. The molecule has 0 fully saturated rings. The first-order valence-electron chi connectivity index (χ1n) is 17.6. The zero-order valence-electron chi connectivity index (χ0n) is 29.7. The summed E-state index contributed by atoms with van der Waals surface area (Å²) in [4.78, 5) is 34.4. The molecule has 13 heteroatoms. The van der Waals surface area contributed by atoms with Gasteiger partial charge in [0.2, 0.25) is 12.7 Å². The fourth-order valence-corrected chi connectivity index (χ4v) is 8.11. The largest absolute Gasteiger partial charge is 0.493 e. The monoisotopic (exact) mass is 771 g/mol. The molecule has 2 aliphatic heterocycles. The number of aliphatic imine (C=N–C) groups is 1. The Morgan fingerprint density at radius 1 is 0.981 bits per heavy atom. The van der Waals surface area contributed by atoms with Crippen LogP contribution in [0.1, 0.15) is 76.9 Å². The number of Topliss-reactive ketones (excluding diaryl/α,β-unsaturated/α-hetero) is 1. The molecule has 3 aromatic carbocycles. The van der Waals surface area contributed by atoms with Gasteiger partial charge in [-0.25, -0.2) is 0 Å². The van der Waals surface area contributed by atoms with Gasteiger partial charge in [0.25, 0.3) is 0 Å². The summed E-state index contributed by atoms with van der Waals surface area (Å²) in [7, 11) is 0. The van der Waals surface area contributed by atoms with Crippen molar-refractivity contribution in [3.63, 3.8) is 0 Å². The molecular weight excluding hydrogens is 733 g/mol. The molecule has 0 bridgehead atoms. The maximum Gasteiger partial charge on any atom is 0.242 e. The van der Waals surface area contributed by atoms with E-state index in [-0.39, 0.29) is 37.3 Å². The van der Waals surface area contributed by atoms with E-state index < -0.39 is 6.04 Å². The van der Waals surface area contributed by atoms with Crippen LogP contribution in [0, 0.1) is 20.8 Å². The van der Waals surface area contributed by atoms with Gasteiger partial charge in [0.15, 0.2) is 17.3 Å². The molecule has 0 saturated carbocycles. The van der Waals surface area contributed by atoms with Crippen molar-refractivity contribution in [1.29, 1.82) is 0 Å². The number of aryl methyl sites for hydroxylation is 2. The van der Waals surface area contributed by atoms with E-state index in [1.165, 1.54) is 4.88 Å². The Morgan fingerprint density at radius 2 is 1.77 bits per heavy atom. The zero-order valence-corrected chi connectivity index (χ0v) is 32.1. The van der Waals surface area contributed by atoms with Crippen molar-refractivity contribution >= 4 is 57.6 Å². The van der Waals surface area contributed by atoms with Crippen molar-refractivity contribution in [2.45, 2.75) is 65.5 Å². The van der Waals surface area contributed by atoms with Crippen molar-refractivity contribution in [2.24, 2.45) is 4.99 Å². The second kappa shape index (κ2) is 16.1. The lowest BCUT2D eigenvalue weighted by molar-refractivity contribution is -0.119. The van der Waals surface area contributed by atoms with E-state index in [9.17, 15) is 9.59 Å². The van der Waals surface area contributed by atoms with Gasteiger partial charge in [-0.05, 0) is 75.9 Å². The number of unbranched alkanes of at least 4 members (excludes halogenated alkanes) is 2. The molecule has 5 aromatic rings. The molecule has 0 unspecified atom stereocenters. The highest BCUT2D eigenvalue weighted by atomic mass is 35.5. The fraction of sp³-hybridized carbons (Fsp3) is 0.325. The van der Waals surface area contributed by atoms with Gasteiger partial charge in [0, 0.05) is 51.2 Å². The molecule has 2 aliphatic rings. The molecular formula is C40H39Cl2N5O5S. The first-order chi connectivity index (χ1) is 25.7. The molecule has 53 heavy (non-hydrogen) atoms. The fourth-order valence-electron chi connectivity index (χ4n) is 6.63. The highest BCUT2D eigenvalue weighted by molar-refractivity contribution is 7.15.